The third kappa shape index (κ3) is 2.53. The van der Waals surface area contributed by atoms with E-state index in [1.165, 1.54) is 4.90 Å². The molecule has 3 rings (SSSR count). The predicted molar refractivity (Wildman–Crippen MR) is 81.0 cm³/mol. The van der Waals surface area contributed by atoms with Gasteiger partial charge in [0, 0.05) is 5.69 Å². The fraction of sp³-hybridized carbons (Fsp3) is 0.500. The quantitative estimate of drug-likeness (QED) is 0.801. The number of carbonyl (C=O) groups is 2. The molecule has 0 radical (unpaired) electrons. The lowest BCUT2D eigenvalue weighted by Crippen LogP contribution is -2.41. The maximum atomic E-state index is 12.6. The summed E-state index contributed by atoms with van der Waals surface area (Å²) in [6.07, 6.45) is 2.29. The van der Waals surface area contributed by atoms with E-state index >= 15 is 0 Å². The Kier molecular flexibility index (Phi) is 3.68. The fourth-order valence-corrected chi connectivity index (χ4v) is 3.02. The molecule has 1 atom stereocenters. The zero-order valence-corrected chi connectivity index (χ0v) is 12.6. The van der Waals surface area contributed by atoms with Crippen molar-refractivity contribution in [2.45, 2.75) is 32.7 Å². The van der Waals surface area contributed by atoms with E-state index < -0.39 is 6.04 Å². The first-order valence-corrected chi connectivity index (χ1v) is 7.51. The molecule has 0 bridgehead atoms. The highest BCUT2D eigenvalue weighted by molar-refractivity contribution is 6.14. The van der Waals surface area contributed by atoms with Crippen LogP contribution in [0.5, 0.6) is 0 Å². The lowest BCUT2D eigenvalue weighted by molar-refractivity contribution is -0.128. The monoisotopic (exact) mass is 287 g/mol. The average molecular weight is 287 g/mol. The van der Waals surface area contributed by atoms with Gasteiger partial charge in [-0.1, -0.05) is 17.7 Å². The number of urea groups is 1. The maximum absolute atomic E-state index is 12.6. The smallest absolute Gasteiger partial charge is 0.286 e. The third-order valence-corrected chi connectivity index (χ3v) is 4.30. The largest absolute Gasteiger partial charge is 0.333 e. The Morgan fingerprint density at radius 3 is 2.33 bits per heavy atom. The van der Waals surface area contributed by atoms with Crippen LogP contribution in [0, 0.1) is 6.92 Å². The van der Waals surface area contributed by atoms with Gasteiger partial charge in [-0.05, 0) is 51.9 Å². The van der Waals surface area contributed by atoms with Crippen molar-refractivity contribution in [2.75, 3.05) is 24.7 Å². The van der Waals surface area contributed by atoms with Crippen molar-refractivity contribution in [2.24, 2.45) is 0 Å². The summed E-state index contributed by atoms with van der Waals surface area (Å²) in [4.78, 5) is 30.1. The van der Waals surface area contributed by atoms with Gasteiger partial charge in [0.1, 0.15) is 6.04 Å². The maximum Gasteiger partial charge on any atom is 0.333 e. The molecule has 0 N–H and O–H groups in total. The van der Waals surface area contributed by atoms with E-state index in [0.717, 1.165) is 37.2 Å². The molecule has 0 spiro atoms. The van der Waals surface area contributed by atoms with Crippen molar-refractivity contribution < 1.29 is 9.59 Å². The standard InChI is InChI=1S/C16H21N3O2/c1-12-5-7-14(8-6-12)19-13(2)15(20)18(16(19)21)11-17-9-3-4-10-17/h5-8,13H,3-4,9-11H2,1-2H3/t13-/m0/s1. The number of likely N-dealkylation sites (tertiary alicyclic amines) is 1. The minimum Gasteiger partial charge on any atom is -0.286 e. The number of hydrogen-bond donors (Lipinski definition) is 0. The summed E-state index contributed by atoms with van der Waals surface area (Å²) in [6, 6.07) is 7.09. The van der Waals surface area contributed by atoms with Crippen LogP contribution in [0.25, 0.3) is 0 Å². The lowest BCUT2D eigenvalue weighted by Gasteiger charge is -2.22. The van der Waals surface area contributed by atoms with Gasteiger partial charge in [-0.15, -0.1) is 0 Å². The molecule has 2 heterocycles. The second-order valence-electron chi connectivity index (χ2n) is 5.90. The van der Waals surface area contributed by atoms with Crippen molar-refractivity contribution in [1.82, 2.24) is 9.80 Å². The number of rotatable bonds is 3. The summed E-state index contributed by atoms with van der Waals surface area (Å²) >= 11 is 0. The Hall–Kier alpha value is -1.88. The van der Waals surface area contributed by atoms with Gasteiger partial charge in [0.25, 0.3) is 5.91 Å². The van der Waals surface area contributed by atoms with Crippen molar-refractivity contribution in [3.63, 3.8) is 0 Å². The van der Waals surface area contributed by atoms with E-state index in [9.17, 15) is 9.59 Å². The summed E-state index contributed by atoms with van der Waals surface area (Å²) in [5.74, 6) is -0.104. The van der Waals surface area contributed by atoms with Gasteiger partial charge in [-0.2, -0.15) is 0 Å². The van der Waals surface area contributed by atoms with Gasteiger partial charge in [0.15, 0.2) is 0 Å². The highest BCUT2D eigenvalue weighted by Crippen LogP contribution is 2.26. The average Bonchev–Trinajstić information content (AvgIpc) is 3.05. The molecular formula is C16H21N3O2. The van der Waals surface area contributed by atoms with Gasteiger partial charge in [0.2, 0.25) is 0 Å². The number of aryl methyl sites for hydroxylation is 1. The number of carbonyl (C=O) groups excluding carboxylic acids is 2. The summed E-state index contributed by atoms with van der Waals surface area (Å²) in [6.45, 7) is 6.16. The summed E-state index contributed by atoms with van der Waals surface area (Å²) in [5.41, 5.74) is 1.92. The molecule has 1 aromatic carbocycles. The molecule has 0 unspecified atom stereocenters. The van der Waals surface area contributed by atoms with Crippen molar-refractivity contribution in [1.29, 1.82) is 0 Å². The van der Waals surface area contributed by atoms with E-state index in [1.54, 1.807) is 11.8 Å². The van der Waals surface area contributed by atoms with Crippen LogP contribution < -0.4 is 4.90 Å². The molecule has 21 heavy (non-hydrogen) atoms. The highest BCUT2D eigenvalue weighted by atomic mass is 16.2. The van der Waals surface area contributed by atoms with Crippen molar-refractivity contribution >= 4 is 17.6 Å². The third-order valence-electron chi connectivity index (χ3n) is 4.30. The van der Waals surface area contributed by atoms with Gasteiger partial charge in [0.05, 0.1) is 6.67 Å². The van der Waals surface area contributed by atoms with E-state index in [1.807, 2.05) is 31.2 Å². The first-order chi connectivity index (χ1) is 10.1. The molecule has 0 aromatic heterocycles. The molecule has 0 aliphatic carbocycles. The molecule has 2 fully saturated rings. The SMILES string of the molecule is Cc1ccc(N2C(=O)N(CN3CCCC3)C(=O)[C@@H]2C)cc1. The van der Waals surface area contributed by atoms with E-state index in [-0.39, 0.29) is 11.9 Å². The molecule has 2 aliphatic rings. The molecule has 0 saturated carbocycles. The number of hydrogen-bond acceptors (Lipinski definition) is 3. The zero-order valence-electron chi connectivity index (χ0n) is 12.6. The first-order valence-electron chi connectivity index (χ1n) is 7.51. The fourth-order valence-electron chi connectivity index (χ4n) is 3.02. The number of amides is 3. The molecule has 2 aliphatic heterocycles. The molecule has 3 amide bonds. The van der Waals surface area contributed by atoms with Crippen LogP contribution in [0.1, 0.15) is 25.3 Å². The van der Waals surface area contributed by atoms with Gasteiger partial charge >= 0.3 is 6.03 Å². The first kappa shape index (κ1) is 14.1. The van der Waals surface area contributed by atoms with Crippen LogP contribution in [0.2, 0.25) is 0 Å². The number of benzene rings is 1. The van der Waals surface area contributed by atoms with Gasteiger partial charge < -0.3 is 0 Å². The Morgan fingerprint density at radius 2 is 1.71 bits per heavy atom. The normalized spacial score (nSPS) is 23.4. The highest BCUT2D eigenvalue weighted by Gasteiger charge is 2.43. The van der Waals surface area contributed by atoms with E-state index in [0.29, 0.717) is 6.67 Å². The second kappa shape index (κ2) is 5.48. The van der Waals surface area contributed by atoms with Crippen LogP contribution in [0.4, 0.5) is 10.5 Å². The number of anilines is 1. The van der Waals surface area contributed by atoms with Crippen LogP contribution in [-0.4, -0.2) is 47.5 Å². The Morgan fingerprint density at radius 1 is 1.10 bits per heavy atom. The topological polar surface area (TPSA) is 43.9 Å². The van der Waals surface area contributed by atoms with Gasteiger partial charge in [-0.25, -0.2) is 9.69 Å². The van der Waals surface area contributed by atoms with Crippen LogP contribution in [0.15, 0.2) is 24.3 Å². The summed E-state index contributed by atoms with van der Waals surface area (Å²) in [5, 5.41) is 0. The number of imide groups is 1. The predicted octanol–water partition coefficient (Wildman–Crippen LogP) is 2.21. The summed E-state index contributed by atoms with van der Waals surface area (Å²) < 4.78 is 0. The molecule has 112 valence electrons. The molecule has 2 saturated heterocycles. The minimum atomic E-state index is -0.428. The number of nitrogens with zero attached hydrogens (tertiary/aromatic N) is 3. The molecular weight excluding hydrogens is 266 g/mol. The molecule has 1 aromatic rings. The zero-order chi connectivity index (χ0) is 15.0. The molecule has 5 nitrogen and oxygen atoms in total. The second-order valence-corrected chi connectivity index (χ2v) is 5.90. The van der Waals surface area contributed by atoms with E-state index in [4.69, 9.17) is 0 Å². The van der Waals surface area contributed by atoms with Crippen LogP contribution >= 0.6 is 0 Å². The van der Waals surface area contributed by atoms with Crippen LogP contribution in [-0.2, 0) is 4.79 Å². The summed E-state index contributed by atoms with van der Waals surface area (Å²) in [7, 11) is 0. The van der Waals surface area contributed by atoms with Crippen LogP contribution in [0.3, 0.4) is 0 Å². The van der Waals surface area contributed by atoms with Crippen molar-refractivity contribution in [3.8, 4) is 0 Å². The van der Waals surface area contributed by atoms with Gasteiger partial charge in [-0.3, -0.25) is 14.6 Å². The van der Waals surface area contributed by atoms with E-state index in [2.05, 4.69) is 4.90 Å². The minimum absolute atomic E-state index is 0.104. The Balaban J connectivity index is 1.81. The van der Waals surface area contributed by atoms with Crippen molar-refractivity contribution in [3.05, 3.63) is 29.8 Å². The Bertz CT molecular complexity index is 549. The Labute approximate surface area is 125 Å². The molecule has 5 heteroatoms. The lowest BCUT2D eigenvalue weighted by atomic mass is 10.2.